The lowest BCUT2D eigenvalue weighted by molar-refractivity contribution is 0.0272. The van der Waals surface area contributed by atoms with Crippen LogP contribution >= 0.6 is 0 Å². The zero-order valence-corrected chi connectivity index (χ0v) is 8.01. The second-order valence-corrected chi connectivity index (χ2v) is 2.62. The molecule has 3 heteroatoms. The van der Waals surface area contributed by atoms with Gasteiger partial charge < -0.3 is 14.8 Å². The van der Waals surface area contributed by atoms with Gasteiger partial charge >= 0.3 is 0 Å². The van der Waals surface area contributed by atoms with Crippen LogP contribution in [0.25, 0.3) is 0 Å². The number of rotatable bonds is 8. The summed E-state index contributed by atoms with van der Waals surface area (Å²) in [5.74, 6) is 0. The van der Waals surface area contributed by atoms with Gasteiger partial charge in [-0.3, -0.25) is 0 Å². The van der Waals surface area contributed by atoms with Gasteiger partial charge in [-0.1, -0.05) is 6.08 Å². The van der Waals surface area contributed by atoms with Crippen LogP contribution in [0.4, 0.5) is 0 Å². The molecule has 0 bridgehead atoms. The molecule has 0 saturated carbocycles. The van der Waals surface area contributed by atoms with Crippen LogP contribution in [0.1, 0.15) is 6.92 Å². The van der Waals surface area contributed by atoms with Crippen molar-refractivity contribution in [3.63, 3.8) is 0 Å². The summed E-state index contributed by atoms with van der Waals surface area (Å²) in [6.45, 7) is 8.65. The molecule has 0 aromatic rings. The zero-order chi connectivity index (χ0) is 9.23. The number of hydrogen-bond acceptors (Lipinski definition) is 3. The van der Waals surface area contributed by atoms with E-state index in [9.17, 15) is 0 Å². The van der Waals surface area contributed by atoms with Crippen LogP contribution in [0, 0.1) is 0 Å². The lowest BCUT2D eigenvalue weighted by atomic mass is 10.4. The monoisotopic (exact) mass is 173 g/mol. The topological polar surface area (TPSA) is 30.5 Å². The van der Waals surface area contributed by atoms with E-state index in [1.807, 2.05) is 13.0 Å². The van der Waals surface area contributed by atoms with Gasteiger partial charge in [0.15, 0.2) is 0 Å². The minimum absolute atomic E-state index is 0.236. The van der Waals surface area contributed by atoms with Crippen molar-refractivity contribution in [1.82, 2.24) is 5.32 Å². The van der Waals surface area contributed by atoms with E-state index < -0.39 is 0 Å². The van der Waals surface area contributed by atoms with Crippen molar-refractivity contribution in [1.29, 1.82) is 0 Å². The van der Waals surface area contributed by atoms with Crippen molar-refractivity contribution in [3.8, 4) is 0 Å². The molecule has 0 rings (SSSR count). The standard InChI is InChI=1S/C9H19NO2/c1-4-5-10-8-9(2)12-7-6-11-3/h4,9-10H,1,5-8H2,2-3H3. The van der Waals surface area contributed by atoms with Gasteiger partial charge in [0.05, 0.1) is 19.3 Å². The van der Waals surface area contributed by atoms with Gasteiger partial charge in [0.1, 0.15) is 0 Å². The number of hydrogen-bond donors (Lipinski definition) is 1. The van der Waals surface area contributed by atoms with Crippen molar-refractivity contribution < 1.29 is 9.47 Å². The van der Waals surface area contributed by atoms with Crippen molar-refractivity contribution in [2.75, 3.05) is 33.4 Å². The molecule has 0 fully saturated rings. The highest BCUT2D eigenvalue weighted by Gasteiger charge is 1.99. The molecule has 12 heavy (non-hydrogen) atoms. The predicted octanol–water partition coefficient (Wildman–Crippen LogP) is 0.813. The van der Waals surface area contributed by atoms with Crippen LogP contribution in [-0.2, 0) is 9.47 Å². The third kappa shape index (κ3) is 7.72. The lowest BCUT2D eigenvalue weighted by Crippen LogP contribution is -2.27. The van der Waals surface area contributed by atoms with Gasteiger partial charge in [0, 0.05) is 20.2 Å². The Labute approximate surface area is 74.7 Å². The van der Waals surface area contributed by atoms with E-state index in [1.54, 1.807) is 7.11 Å². The highest BCUT2D eigenvalue weighted by molar-refractivity contribution is 4.70. The van der Waals surface area contributed by atoms with E-state index in [2.05, 4.69) is 11.9 Å². The average Bonchev–Trinajstić information content (AvgIpc) is 2.06. The first-order valence-electron chi connectivity index (χ1n) is 4.23. The smallest absolute Gasteiger partial charge is 0.0704 e. The van der Waals surface area contributed by atoms with Gasteiger partial charge in [-0.15, -0.1) is 6.58 Å². The second-order valence-electron chi connectivity index (χ2n) is 2.62. The Morgan fingerprint density at radius 2 is 2.25 bits per heavy atom. The van der Waals surface area contributed by atoms with Gasteiger partial charge in [0.2, 0.25) is 0 Å². The first-order chi connectivity index (χ1) is 5.81. The first kappa shape index (κ1) is 11.6. The summed E-state index contributed by atoms with van der Waals surface area (Å²) in [5, 5.41) is 3.18. The van der Waals surface area contributed by atoms with Crippen molar-refractivity contribution in [3.05, 3.63) is 12.7 Å². The predicted molar refractivity (Wildman–Crippen MR) is 50.4 cm³/mol. The number of nitrogens with one attached hydrogen (secondary N) is 1. The summed E-state index contributed by atoms with van der Waals surface area (Å²) in [6, 6.07) is 0. The van der Waals surface area contributed by atoms with Gasteiger partial charge in [-0.05, 0) is 6.92 Å². The maximum Gasteiger partial charge on any atom is 0.0704 e. The van der Waals surface area contributed by atoms with Crippen LogP contribution in [0.3, 0.4) is 0 Å². The minimum Gasteiger partial charge on any atom is -0.382 e. The molecule has 0 aliphatic rings. The molecular weight excluding hydrogens is 154 g/mol. The third-order valence-electron chi connectivity index (χ3n) is 1.41. The Morgan fingerprint density at radius 3 is 2.83 bits per heavy atom. The Kier molecular flexibility index (Phi) is 8.44. The highest BCUT2D eigenvalue weighted by atomic mass is 16.5. The van der Waals surface area contributed by atoms with Crippen LogP contribution in [0.15, 0.2) is 12.7 Å². The lowest BCUT2D eigenvalue weighted by Gasteiger charge is -2.12. The summed E-state index contributed by atoms with van der Waals surface area (Å²) < 4.78 is 10.3. The van der Waals surface area contributed by atoms with Gasteiger partial charge in [0.25, 0.3) is 0 Å². The zero-order valence-electron chi connectivity index (χ0n) is 8.01. The van der Waals surface area contributed by atoms with E-state index in [0.717, 1.165) is 13.1 Å². The van der Waals surface area contributed by atoms with Crippen LogP contribution in [-0.4, -0.2) is 39.5 Å². The summed E-state index contributed by atoms with van der Waals surface area (Å²) in [7, 11) is 1.67. The Hall–Kier alpha value is -0.380. The van der Waals surface area contributed by atoms with E-state index >= 15 is 0 Å². The summed E-state index contributed by atoms with van der Waals surface area (Å²) in [4.78, 5) is 0. The van der Waals surface area contributed by atoms with Crippen molar-refractivity contribution in [2.24, 2.45) is 0 Å². The van der Waals surface area contributed by atoms with Crippen LogP contribution < -0.4 is 5.32 Å². The first-order valence-corrected chi connectivity index (χ1v) is 4.23. The molecule has 0 aliphatic carbocycles. The molecule has 0 radical (unpaired) electrons. The maximum atomic E-state index is 5.41. The van der Waals surface area contributed by atoms with Crippen LogP contribution in [0.5, 0.6) is 0 Å². The van der Waals surface area contributed by atoms with Gasteiger partial charge in [-0.2, -0.15) is 0 Å². The summed E-state index contributed by atoms with van der Waals surface area (Å²) >= 11 is 0. The molecule has 0 spiro atoms. The van der Waals surface area contributed by atoms with E-state index in [-0.39, 0.29) is 6.10 Å². The minimum atomic E-state index is 0.236. The van der Waals surface area contributed by atoms with E-state index in [0.29, 0.717) is 13.2 Å². The SMILES string of the molecule is C=CCNCC(C)OCCOC. The maximum absolute atomic E-state index is 5.41. The molecule has 1 atom stereocenters. The molecule has 72 valence electrons. The third-order valence-corrected chi connectivity index (χ3v) is 1.41. The molecule has 1 unspecified atom stereocenters. The fraction of sp³-hybridized carbons (Fsp3) is 0.778. The number of ether oxygens (including phenoxy) is 2. The molecule has 0 heterocycles. The average molecular weight is 173 g/mol. The van der Waals surface area contributed by atoms with E-state index in [1.165, 1.54) is 0 Å². The molecule has 0 saturated heterocycles. The fourth-order valence-corrected chi connectivity index (χ4v) is 0.780. The summed E-state index contributed by atoms with van der Waals surface area (Å²) in [6.07, 6.45) is 2.07. The van der Waals surface area contributed by atoms with E-state index in [4.69, 9.17) is 9.47 Å². The van der Waals surface area contributed by atoms with Crippen LogP contribution in [0.2, 0.25) is 0 Å². The molecule has 3 nitrogen and oxygen atoms in total. The molecule has 0 aromatic carbocycles. The Balaban J connectivity index is 3.09. The van der Waals surface area contributed by atoms with Crippen molar-refractivity contribution >= 4 is 0 Å². The largest absolute Gasteiger partial charge is 0.382 e. The molecule has 0 aromatic heterocycles. The Morgan fingerprint density at radius 1 is 1.50 bits per heavy atom. The Bertz CT molecular complexity index is 107. The molecular formula is C9H19NO2. The quantitative estimate of drug-likeness (QED) is 0.435. The second kappa shape index (κ2) is 8.71. The highest BCUT2D eigenvalue weighted by Crippen LogP contribution is 1.87. The normalized spacial score (nSPS) is 12.8. The van der Waals surface area contributed by atoms with Gasteiger partial charge in [-0.25, -0.2) is 0 Å². The fourth-order valence-electron chi connectivity index (χ4n) is 0.780. The molecule has 0 aliphatic heterocycles. The van der Waals surface area contributed by atoms with Crippen molar-refractivity contribution in [2.45, 2.75) is 13.0 Å². The molecule has 0 amide bonds. The molecule has 1 N–H and O–H groups in total. The summed E-state index contributed by atoms with van der Waals surface area (Å²) in [5.41, 5.74) is 0. The number of methoxy groups -OCH3 is 1.